The van der Waals surface area contributed by atoms with Crippen LogP contribution in [0.15, 0.2) is 36.7 Å². The molecule has 1 saturated heterocycles. The van der Waals surface area contributed by atoms with Crippen LogP contribution in [0.2, 0.25) is 5.15 Å². The van der Waals surface area contributed by atoms with Crippen LogP contribution in [0.4, 0.5) is 0 Å². The topological polar surface area (TPSA) is 70.8 Å². The Kier molecular flexibility index (Phi) is 6.15. The summed E-state index contributed by atoms with van der Waals surface area (Å²) in [6, 6.07) is 10.2. The molecule has 0 aromatic carbocycles. The molecule has 1 atom stereocenters. The third-order valence-corrected chi connectivity index (χ3v) is 6.80. The van der Waals surface area contributed by atoms with Crippen molar-refractivity contribution in [2.24, 2.45) is 0 Å². The maximum absolute atomic E-state index is 9.13. The van der Waals surface area contributed by atoms with Gasteiger partial charge in [0.15, 0.2) is 0 Å². The summed E-state index contributed by atoms with van der Waals surface area (Å²) in [6.07, 6.45) is 11.6. The number of hydrogen-bond donors (Lipinski definition) is 1. The number of ether oxygens (including phenoxy) is 1. The van der Waals surface area contributed by atoms with Crippen molar-refractivity contribution < 1.29 is 4.74 Å². The molecule has 0 bridgehead atoms. The number of hydrogen-bond acceptors (Lipinski definition) is 5. The Morgan fingerprint density at radius 2 is 2.07 bits per heavy atom. The third kappa shape index (κ3) is 4.45. The van der Waals surface area contributed by atoms with Crippen molar-refractivity contribution in [1.82, 2.24) is 15.3 Å². The second-order valence-corrected chi connectivity index (χ2v) is 8.74. The van der Waals surface area contributed by atoms with Crippen molar-refractivity contribution in [3.8, 4) is 6.07 Å². The van der Waals surface area contributed by atoms with E-state index in [2.05, 4.69) is 28.5 Å². The van der Waals surface area contributed by atoms with Gasteiger partial charge in [-0.3, -0.25) is 4.98 Å². The molecular weight excluding hydrogens is 384 g/mol. The first-order valence-electron chi connectivity index (χ1n) is 10.5. The predicted octanol–water partition coefficient (Wildman–Crippen LogP) is 4.54. The predicted molar refractivity (Wildman–Crippen MR) is 113 cm³/mol. The monoisotopic (exact) mass is 410 g/mol. The summed E-state index contributed by atoms with van der Waals surface area (Å²) in [7, 11) is 0. The van der Waals surface area contributed by atoms with Gasteiger partial charge in [-0.05, 0) is 62.4 Å². The van der Waals surface area contributed by atoms with Gasteiger partial charge in [-0.15, -0.1) is 0 Å². The maximum Gasteiger partial charge on any atom is 0.146 e. The lowest BCUT2D eigenvalue weighted by Gasteiger charge is -2.46. The summed E-state index contributed by atoms with van der Waals surface area (Å²) in [6.45, 7) is 2.35. The zero-order chi connectivity index (χ0) is 20.2. The molecule has 6 heteroatoms. The zero-order valence-electron chi connectivity index (χ0n) is 16.7. The van der Waals surface area contributed by atoms with Gasteiger partial charge in [-0.25, -0.2) is 4.98 Å². The van der Waals surface area contributed by atoms with Crippen molar-refractivity contribution in [2.45, 2.75) is 62.5 Å². The van der Waals surface area contributed by atoms with Gasteiger partial charge in [0, 0.05) is 36.7 Å². The number of halogens is 1. The molecule has 4 rings (SSSR count). The molecule has 1 saturated carbocycles. The highest BCUT2D eigenvalue weighted by atomic mass is 35.5. The molecule has 152 valence electrons. The fraction of sp³-hybridized carbons (Fsp3) is 0.522. The van der Waals surface area contributed by atoms with E-state index < -0.39 is 0 Å². The average molecular weight is 411 g/mol. The van der Waals surface area contributed by atoms with Crippen LogP contribution in [-0.2, 0) is 16.7 Å². The summed E-state index contributed by atoms with van der Waals surface area (Å²) in [5, 5.41) is 12.9. The van der Waals surface area contributed by atoms with E-state index in [1.165, 1.54) is 31.4 Å². The fourth-order valence-electron chi connectivity index (χ4n) is 5.02. The van der Waals surface area contributed by atoms with Gasteiger partial charge in [-0.1, -0.05) is 30.5 Å². The minimum Gasteiger partial charge on any atom is -0.375 e. The SMILES string of the molecule is N#Cc1cc(CNCC[C@]2(c3ccccn3)CCOC3(CCCC3)C2)cnc1Cl. The van der Waals surface area contributed by atoms with Crippen LogP contribution in [0.5, 0.6) is 0 Å². The Bertz CT molecular complexity index is 876. The Labute approximate surface area is 177 Å². The Balaban J connectivity index is 1.45. The van der Waals surface area contributed by atoms with Crippen LogP contribution in [0.25, 0.3) is 0 Å². The van der Waals surface area contributed by atoms with Gasteiger partial charge in [0.25, 0.3) is 0 Å². The van der Waals surface area contributed by atoms with Gasteiger partial charge in [-0.2, -0.15) is 5.26 Å². The Morgan fingerprint density at radius 1 is 1.21 bits per heavy atom. The van der Waals surface area contributed by atoms with Crippen molar-refractivity contribution in [1.29, 1.82) is 5.26 Å². The number of aromatic nitrogens is 2. The molecule has 2 aromatic heterocycles. The van der Waals surface area contributed by atoms with Crippen molar-refractivity contribution in [2.75, 3.05) is 13.2 Å². The van der Waals surface area contributed by atoms with E-state index in [1.54, 1.807) is 12.3 Å². The molecule has 5 nitrogen and oxygen atoms in total. The molecule has 1 N–H and O–H groups in total. The highest BCUT2D eigenvalue weighted by molar-refractivity contribution is 6.30. The molecule has 2 aliphatic rings. The summed E-state index contributed by atoms with van der Waals surface area (Å²) in [5.41, 5.74) is 2.67. The van der Waals surface area contributed by atoms with E-state index in [4.69, 9.17) is 26.6 Å². The van der Waals surface area contributed by atoms with Crippen LogP contribution >= 0.6 is 11.6 Å². The van der Waals surface area contributed by atoms with E-state index in [9.17, 15) is 0 Å². The van der Waals surface area contributed by atoms with Gasteiger partial charge in [0.1, 0.15) is 11.2 Å². The lowest BCUT2D eigenvalue weighted by atomic mass is 9.68. The van der Waals surface area contributed by atoms with Crippen LogP contribution < -0.4 is 5.32 Å². The van der Waals surface area contributed by atoms with E-state index in [0.717, 1.165) is 38.0 Å². The Hall–Kier alpha value is -2.00. The lowest BCUT2D eigenvalue weighted by molar-refractivity contribution is -0.104. The van der Waals surface area contributed by atoms with Crippen molar-refractivity contribution in [3.63, 3.8) is 0 Å². The smallest absolute Gasteiger partial charge is 0.146 e. The maximum atomic E-state index is 9.13. The normalized spacial score (nSPS) is 23.2. The number of nitrogens with zero attached hydrogens (tertiary/aromatic N) is 3. The standard InChI is InChI=1S/C23H27ClN4O/c24-21-19(14-25)13-18(16-28-21)15-26-11-8-22(20-5-1-4-10-27-20)9-12-29-23(17-22)6-2-3-7-23/h1,4-5,10,13,16,26H,2-3,6-9,11-12,15,17H2/t22-/m0/s1. The van der Waals surface area contributed by atoms with E-state index in [1.807, 2.05) is 12.3 Å². The molecule has 0 unspecified atom stereocenters. The third-order valence-electron chi connectivity index (χ3n) is 6.50. The van der Waals surface area contributed by atoms with E-state index >= 15 is 0 Å². The van der Waals surface area contributed by atoms with Crippen LogP contribution in [0.3, 0.4) is 0 Å². The molecule has 1 aliphatic heterocycles. The largest absolute Gasteiger partial charge is 0.375 e. The van der Waals surface area contributed by atoms with Gasteiger partial charge >= 0.3 is 0 Å². The molecule has 3 heterocycles. The number of nitrogens with one attached hydrogen (secondary N) is 1. The molecule has 2 aromatic rings. The summed E-state index contributed by atoms with van der Waals surface area (Å²) in [4.78, 5) is 8.86. The molecule has 29 heavy (non-hydrogen) atoms. The van der Waals surface area contributed by atoms with Crippen LogP contribution in [0, 0.1) is 11.3 Å². The van der Waals surface area contributed by atoms with Crippen molar-refractivity contribution >= 4 is 11.6 Å². The summed E-state index contributed by atoms with van der Waals surface area (Å²) >= 11 is 5.93. The van der Waals surface area contributed by atoms with Crippen LogP contribution in [-0.4, -0.2) is 28.7 Å². The zero-order valence-corrected chi connectivity index (χ0v) is 17.4. The minimum absolute atomic E-state index is 0.0393. The first-order valence-corrected chi connectivity index (χ1v) is 10.8. The highest BCUT2D eigenvalue weighted by Crippen LogP contribution is 2.49. The van der Waals surface area contributed by atoms with Gasteiger partial charge in [0.2, 0.25) is 0 Å². The van der Waals surface area contributed by atoms with Crippen LogP contribution in [0.1, 0.15) is 61.8 Å². The van der Waals surface area contributed by atoms with Crippen molar-refractivity contribution in [3.05, 3.63) is 58.6 Å². The summed E-state index contributed by atoms with van der Waals surface area (Å²) < 4.78 is 6.32. The van der Waals surface area contributed by atoms with E-state index in [-0.39, 0.29) is 16.2 Å². The van der Waals surface area contributed by atoms with E-state index in [0.29, 0.717) is 12.1 Å². The first kappa shape index (κ1) is 20.3. The van der Waals surface area contributed by atoms with Gasteiger partial charge < -0.3 is 10.1 Å². The van der Waals surface area contributed by atoms with Gasteiger partial charge in [0.05, 0.1) is 11.2 Å². The first-order chi connectivity index (χ1) is 14.1. The Morgan fingerprint density at radius 3 is 2.83 bits per heavy atom. The molecule has 2 fully saturated rings. The molecule has 0 amide bonds. The second-order valence-electron chi connectivity index (χ2n) is 8.38. The molecule has 1 aliphatic carbocycles. The molecule has 0 radical (unpaired) electrons. The fourth-order valence-corrected chi connectivity index (χ4v) is 5.17. The highest BCUT2D eigenvalue weighted by Gasteiger charge is 2.48. The second kappa shape index (κ2) is 8.79. The quantitative estimate of drug-likeness (QED) is 0.559. The number of nitriles is 1. The lowest BCUT2D eigenvalue weighted by Crippen LogP contribution is -2.47. The number of rotatable bonds is 6. The molecular formula is C23H27ClN4O. The minimum atomic E-state index is 0.0393. The molecule has 1 spiro atoms. The average Bonchev–Trinajstić information content (AvgIpc) is 3.20. The summed E-state index contributed by atoms with van der Waals surface area (Å²) in [5.74, 6) is 0. The number of pyridine rings is 2.